The van der Waals surface area contributed by atoms with Gasteiger partial charge in [0.15, 0.2) is 5.69 Å². The van der Waals surface area contributed by atoms with Crippen molar-refractivity contribution in [3.05, 3.63) is 29.3 Å². The second-order valence-electron chi connectivity index (χ2n) is 4.26. The molecule has 0 fully saturated rings. The van der Waals surface area contributed by atoms with Crippen LogP contribution in [0.4, 0.5) is 0 Å². The van der Waals surface area contributed by atoms with Crippen LogP contribution in [-0.2, 0) is 24.9 Å². The van der Waals surface area contributed by atoms with Crippen molar-refractivity contribution >= 4 is 11.9 Å². The van der Waals surface area contributed by atoms with Crippen LogP contribution < -0.4 is 5.32 Å². The number of rotatable bonds is 5. The van der Waals surface area contributed by atoms with Gasteiger partial charge in [-0.3, -0.25) is 9.48 Å². The van der Waals surface area contributed by atoms with Gasteiger partial charge < -0.3 is 10.4 Å². The van der Waals surface area contributed by atoms with Gasteiger partial charge in [0.25, 0.3) is 0 Å². The molecule has 0 radical (unpaired) electrons. The molecule has 9 nitrogen and oxygen atoms in total. The molecule has 2 heterocycles. The molecule has 0 aliphatic rings. The first kappa shape index (κ1) is 13.7. The number of carboxylic acid groups (broad SMARTS) is 1. The summed E-state index contributed by atoms with van der Waals surface area (Å²) in [6.07, 6.45) is 2.89. The average Bonchev–Trinajstić information content (AvgIpc) is 2.97. The van der Waals surface area contributed by atoms with Crippen molar-refractivity contribution < 1.29 is 14.7 Å². The van der Waals surface area contributed by atoms with Crippen molar-refractivity contribution in [1.82, 2.24) is 30.1 Å². The second kappa shape index (κ2) is 5.51. The maximum absolute atomic E-state index is 11.7. The lowest BCUT2D eigenvalue weighted by atomic mass is 10.2. The van der Waals surface area contributed by atoms with Crippen LogP contribution in [0, 0.1) is 6.92 Å². The molecule has 0 aliphatic carbocycles. The maximum atomic E-state index is 11.7. The molecule has 2 N–H and O–H groups in total. The average molecular weight is 278 g/mol. The van der Waals surface area contributed by atoms with Gasteiger partial charge in [0, 0.05) is 24.8 Å². The quantitative estimate of drug-likeness (QED) is 0.750. The smallest absolute Gasteiger partial charge is 0.358 e. The number of aromatic carboxylic acids is 1. The molecule has 0 spiro atoms. The molecule has 0 bridgehead atoms. The first-order chi connectivity index (χ1) is 9.47. The molecular formula is C11H14N6O3. The number of carbonyl (C=O) groups excluding carboxylic acids is 1. The first-order valence-electron chi connectivity index (χ1n) is 5.85. The van der Waals surface area contributed by atoms with Crippen molar-refractivity contribution in [2.45, 2.75) is 20.0 Å². The third-order valence-electron chi connectivity index (χ3n) is 2.88. The zero-order valence-electron chi connectivity index (χ0n) is 11.1. The maximum Gasteiger partial charge on any atom is 0.358 e. The molecule has 9 heteroatoms. The Hall–Kier alpha value is -2.71. The largest absolute Gasteiger partial charge is 0.476 e. The van der Waals surface area contributed by atoms with Crippen LogP contribution in [0.15, 0.2) is 12.4 Å². The molecular weight excluding hydrogens is 264 g/mol. The lowest BCUT2D eigenvalue weighted by Crippen LogP contribution is -2.27. The summed E-state index contributed by atoms with van der Waals surface area (Å²) in [6, 6.07) is 0. The molecule has 20 heavy (non-hydrogen) atoms. The molecule has 0 saturated carbocycles. The highest BCUT2D eigenvalue weighted by molar-refractivity contribution is 5.84. The van der Waals surface area contributed by atoms with Gasteiger partial charge in [-0.05, 0) is 6.92 Å². The number of carbonyl (C=O) groups is 2. The van der Waals surface area contributed by atoms with Crippen LogP contribution in [0.1, 0.15) is 21.7 Å². The van der Waals surface area contributed by atoms with E-state index >= 15 is 0 Å². The van der Waals surface area contributed by atoms with Gasteiger partial charge in [0.1, 0.15) is 6.54 Å². The highest BCUT2D eigenvalue weighted by Crippen LogP contribution is 2.04. The summed E-state index contributed by atoms with van der Waals surface area (Å²) in [6.45, 7) is 2.18. The minimum atomic E-state index is -1.18. The topological polar surface area (TPSA) is 115 Å². The van der Waals surface area contributed by atoms with E-state index in [9.17, 15) is 9.59 Å². The first-order valence-corrected chi connectivity index (χ1v) is 5.85. The van der Waals surface area contributed by atoms with Crippen LogP contribution in [0.5, 0.6) is 0 Å². The van der Waals surface area contributed by atoms with Gasteiger partial charge in [-0.15, -0.1) is 5.10 Å². The van der Waals surface area contributed by atoms with Crippen LogP contribution in [0.3, 0.4) is 0 Å². The molecule has 1 amide bonds. The number of nitrogens with one attached hydrogen (secondary N) is 1. The van der Waals surface area contributed by atoms with Gasteiger partial charge in [0.2, 0.25) is 5.91 Å². The number of hydrogen-bond donors (Lipinski definition) is 2. The molecule has 0 atom stereocenters. The summed E-state index contributed by atoms with van der Waals surface area (Å²) in [5.74, 6) is -1.46. The Labute approximate surface area is 114 Å². The van der Waals surface area contributed by atoms with Gasteiger partial charge in [0.05, 0.1) is 12.4 Å². The van der Waals surface area contributed by atoms with Crippen LogP contribution in [0.25, 0.3) is 0 Å². The van der Waals surface area contributed by atoms with E-state index in [2.05, 4.69) is 20.7 Å². The standard InChI is InChI=1S/C11H14N6O3/c1-7-8(4-13-16(7)2)3-12-10(18)6-17-5-9(11(19)20)14-15-17/h4-5H,3,6H2,1-2H3,(H,12,18)(H,19,20). The normalized spacial score (nSPS) is 10.5. The van der Waals surface area contributed by atoms with Crippen LogP contribution in [0.2, 0.25) is 0 Å². The highest BCUT2D eigenvalue weighted by Gasteiger charge is 2.11. The lowest BCUT2D eigenvalue weighted by molar-refractivity contribution is -0.122. The van der Waals surface area contributed by atoms with Crippen LogP contribution in [-0.4, -0.2) is 41.8 Å². The van der Waals surface area contributed by atoms with E-state index in [1.165, 1.54) is 10.9 Å². The zero-order valence-corrected chi connectivity index (χ0v) is 11.1. The summed E-state index contributed by atoms with van der Waals surface area (Å²) >= 11 is 0. The summed E-state index contributed by atoms with van der Waals surface area (Å²) in [4.78, 5) is 22.3. The molecule has 0 aliphatic heterocycles. The van der Waals surface area contributed by atoms with E-state index in [1.807, 2.05) is 14.0 Å². The van der Waals surface area contributed by atoms with Crippen molar-refractivity contribution in [3.8, 4) is 0 Å². The van der Waals surface area contributed by atoms with Gasteiger partial charge in [-0.2, -0.15) is 5.10 Å². The third kappa shape index (κ3) is 2.99. The Bertz CT molecular complexity index is 644. The van der Waals surface area contributed by atoms with Crippen molar-refractivity contribution in [1.29, 1.82) is 0 Å². The number of carboxylic acids is 1. The van der Waals surface area contributed by atoms with Crippen LogP contribution >= 0.6 is 0 Å². The fourth-order valence-electron chi connectivity index (χ4n) is 1.59. The monoisotopic (exact) mass is 278 g/mol. The molecule has 0 aromatic carbocycles. The summed E-state index contributed by atoms with van der Waals surface area (Å²) in [5.41, 5.74) is 1.70. The number of aryl methyl sites for hydroxylation is 1. The predicted molar refractivity (Wildman–Crippen MR) is 66.8 cm³/mol. The molecule has 2 aromatic heterocycles. The van der Waals surface area contributed by atoms with E-state index in [0.717, 1.165) is 11.3 Å². The van der Waals surface area contributed by atoms with Crippen molar-refractivity contribution in [3.63, 3.8) is 0 Å². The van der Waals surface area contributed by atoms with Gasteiger partial charge in [-0.25, -0.2) is 9.48 Å². The fraction of sp³-hybridized carbons (Fsp3) is 0.364. The van der Waals surface area contributed by atoms with Gasteiger partial charge >= 0.3 is 5.97 Å². The number of aromatic nitrogens is 5. The number of nitrogens with zero attached hydrogens (tertiary/aromatic N) is 5. The highest BCUT2D eigenvalue weighted by atomic mass is 16.4. The summed E-state index contributed by atoms with van der Waals surface area (Å²) in [7, 11) is 1.82. The SMILES string of the molecule is Cc1c(CNC(=O)Cn2cc(C(=O)O)nn2)cnn1C. The Morgan fingerprint density at radius 2 is 2.20 bits per heavy atom. The molecule has 2 aromatic rings. The minimum absolute atomic E-state index is 0.0837. The summed E-state index contributed by atoms with van der Waals surface area (Å²) < 4.78 is 2.90. The zero-order chi connectivity index (χ0) is 14.7. The molecule has 0 saturated heterocycles. The third-order valence-corrected chi connectivity index (χ3v) is 2.88. The Morgan fingerprint density at radius 3 is 2.75 bits per heavy atom. The van der Waals surface area contributed by atoms with E-state index in [1.54, 1.807) is 10.9 Å². The Morgan fingerprint density at radius 1 is 1.45 bits per heavy atom. The number of amides is 1. The number of hydrogen-bond acceptors (Lipinski definition) is 5. The second-order valence-corrected chi connectivity index (χ2v) is 4.26. The van der Waals surface area contributed by atoms with Gasteiger partial charge in [-0.1, -0.05) is 5.21 Å². The van der Waals surface area contributed by atoms with E-state index in [0.29, 0.717) is 6.54 Å². The Kier molecular flexibility index (Phi) is 3.78. The molecule has 2 rings (SSSR count). The molecule has 0 unspecified atom stereocenters. The lowest BCUT2D eigenvalue weighted by Gasteiger charge is -2.04. The van der Waals surface area contributed by atoms with E-state index < -0.39 is 5.97 Å². The summed E-state index contributed by atoms with van der Waals surface area (Å²) in [5, 5.41) is 22.5. The molecule has 106 valence electrons. The van der Waals surface area contributed by atoms with E-state index in [-0.39, 0.29) is 18.1 Å². The van der Waals surface area contributed by atoms with E-state index in [4.69, 9.17) is 5.11 Å². The van der Waals surface area contributed by atoms with Crippen molar-refractivity contribution in [2.24, 2.45) is 7.05 Å². The predicted octanol–water partition coefficient (Wildman–Crippen LogP) is -0.665. The minimum Gasteiger partial charge on any atom is -0.476 e. The fourth-order valence-corrected chi connectivity index (χ4v) is 1.59. The van der Waals surface area contributed by atoms with Crippen molar-refractivity contribution in [2.75, 3.05) is 0 Å². The Balaban J connectivity index is 1.89.